The number of hydrogen-bond donors (Lipinski definition) is 0. The first-order valence-corrected chi connectivity index (χ1v) is 5.72. The molecule has 0 fully saturated rings. The molecular weight excluding hydrogens is 373 g/mol. The zero-order valence-electron chi connectivity index (χ0n) is 5.07. The van der Waals surface area contributed by atoms with Gasteiger partial charge in [-0.2, -0.15) is 0 Å². The van der Waals surface area contributed by atoms with Crippen LogP contribution in [0, 0.1) is 3.57 Å². The smallest absolute Gasteiger partial charge is 0.0456 e. The molecule has 54 valence electrons. The lowest BCUT2D eigenvalue weighted by molar-refractivity contribution is 1.44. The van der Waals surface area contributed by atoms with E-state index >= 15 is 0 Å². The quantitative estimate of drug-likeness (QED) is 0.514. The van der Waals surface area contributed by atoms with Crippen molar-refractivity contribution >= 4 is 56.8 Å². The molecule has 0 aliphatic heterocycles. The lowest BCUT2D eigenvalue weighted by Crippen LogP contribution is -1.79. The van der Waals surface area contributed by atoms with Gasteiger partial charge >= 0.3 is 0 Å². The second kappa shape index (κ2) is 4.11. The third-order valence-electron chi connectivity index (χ3n) is 1.16. The maximum Gasteiger partial charge on any atom is 0.0456 e. The topological polar surface area (TPSA) is 0 Å². The summed E-state index contributed by atoms with van der Waals surface area (Å²) in [6.45, 7) is 0. The van der Waals surface area contributed by atoms with Gasteiger partial charge in [0.2, 0.25) is 0 Å². The summed E-state index contributed by atoms with van der Waals surface area (Å²) in [4.78, 5) is 0. The molecule has 0 N–H and O–H groups in total. The number of benzene rings is 1. The van der Waals surface area contributed by atoms with Gasteiger partial charge in [-0.05, 0) is 40.3 Å². The fourth-order valence-corrected chi connectivity index (χ4v) is 2.44. The molecule has 0 aliphatic carbocycles. The highest BCUT2D eigenvalue weighted by Crippen LogP contribution is 2.20. The van der Waals surface area contributed by atoms with E-state index in [0.717, 1.165) is 9.45 Å². The standard InChI is InChI=1S/C7H5ClI2/c8-7-3-6(10)2-1-5(7)4-9/h1-3H,4H2. The third-order valence-corrected chi connectivity index (χ3v) is 3.00. The molecule has 0 radical (unpaired) electrons. The highest BCUT2D eigenvalue weighted by atomic mass is 127. The Hall–Kier alpha value is 0.970. The van der Waals surface area contributed by atoms with E-state index in [2.05, 4.69) is 57.3 Å². The van der Waals surface area contributed by atoms with Crippen LogP contribution in [-0.2, 0) is 4.43 Å². The minimum atomic E-state index is 0.876. The van der Waals surface area contributed by atoms with Crippen LogP contribution in [0.25, 0.3) is 0 Å². The summed E-state index contributed by atoms with van der Waals surface area (Å²) < 4.78 is 2.17. The first kappa shape index (κ1) is 9.06. The monoisotopic (exact) mass is 378 g/mol. The average molecular weight is 378 g/mol. The fourth-order valence-electron chi connectivity index (χ4n) is 0.630. The zero-order valence-corrected chi connectivity index (χ0v) is 10.1. The van der Waals surface area contributed by atoms with E-state index in [-0.39, 0.29) is 0 Å². The molecule has 0 unspecified atom stereocenters. The number of hydrogen-bond acceptors (Lipinski definition) is 0. The largest absolute Gasteiger partial charge is 0.0840 e. The lowest BCUT2D eigenvalue weighted by atomic mass is 10.2. The third kappa shape index (κ3) is 2.23. The summed E-state index contributed by atoms with van der Waals surface area (Å²) >= 11 is 10.5. The number of alkyl halides is 1. The molecule has 1 aromatic rings. The fraction of sp³-hybridized carbons (Fsp3) is 0.143. The van der Waals surface area contributed by atoms with Crippen LogP contribution in [0.5, 0.6) is 0 Å². The Bertz CT molecular complexity index is 235. The van der Waals surface area contributed by atoms with Crippen LogP contribution in [0.4, 0.5) is 0 Å². The molecule has 3 heteroatoms. The maximum atomic E-state index is 5.92. The van der Waals surface area contributed by atoms with Crippen LogP contribution < -0.4 is 0 Å². The van der Waals surface area contributed by atoms with Crippen molar-refractivity contribution in [2.45, 2.75) is 4.43 Å². The predicted octanol–water partition coefficient (Wildman–Crippen LogP) is 3.88. The Kier molecular flexibility index (Phi) is 3.72. The van der Waals surface area contributed by atoms with Gasteiger partial charge in [0.1, 0.15) is 0 Å². The molecule has 1 rings (SSSR count). The molecule has 0 nitrogen and oxygen atoms in total. The van der Waals surface area contributed by atoms with Crippen LogP contribution in [0.15, 0.2) is 18.2 Å². The molecule has 0 heterocycles. The van der Waals surface area contributed by atoms with Gasteiger partial charge in [0.05, 0.1) is 0 Å². The van der Waals surface area contributed by atoms with Gasteiger partial charge in [0, 0.05) is 13.0 Å². The van der Waals surface area contributed by atoms with E-state index in [9.17, 15) is 0 Å². The predicted molar refractivity (Wildman–Crippen MR) is 61.9 cm³/mol. The van der Waals surface area contributed by atoms with Gasteiger partial charge in [-0.15, -0.1) is 0 Å². The van der Waals surface area contributed by atoms with E-state index in [1.54, 1.807) is 0 Å². The first-order chi connectivity index (χ1) is 4.74. The van der Waals surface area contributed by atoms with Crippen molar-refractivity contribution in [1.82, 2.24) is 0 Å². The van der Waals surface area contributed by atoms with Gasteiger partial charge in [-0.3, -0.25) is 0 Å². The van der Waals surface area contributed by atoms with Crippen LogP contribution >= 0.6 is 56.8 Å². The van der Waals surface area contributed by atoms with Crippen molar-refractivity contribution in [3.8, 4) is 0 Å². The second-order valence-corrected chi connectivity index (χ2v) is 4.28. The van der Waals surface area contributed by atoms with E-state index in [0.29, 0.717) is 0 Å². The molecule has 0 aliphatic rings. The Morgan fingerprint density at radius 3 is 2.60 bits per heavy atom. The zero-order chi connectivity index (χ0) is 7.56. The van der Waals surface area contributed by atoms with Crippen molar-refractivity contribution in [1.29, 1.82) is 0 Å². The van der Waals surface area contributed by atoms with Crippen molar-refractivity contribution in [3.05, 3.63) is 32.4 Å². The Labute approximate surface area is 92.6 Å². The SMILES string of the molecule is Clc1cc(I)ccc1CI. The number of rotatable bonds is 1. The summed E-state index contributed by atoms with van der Waals surface area (Å²) in [6, 6.07) is 6.12. The maximum absolute atomic E-state index is 5.92. The Morgan fingerprint density at radius 1 is 1.40 bits per heavy atom. The normalized spacial score (nSPS) is 9.90. The van der Waals surface area contributed by atoms with E-state index < -0.39 is 0 Å². The molecule has 0 saturated heterocycles. The van der Waals surface area contributed by atoms with E-state index in [4.69, 9.17) is 11.6 Å². The molecule has 0 spiro atoms. The van der Waals surface area contributed by atoms with Crippen molar-refractivity contribution in [2.75, 3.05) is 0 Å². The van der Waals surface area contributed by atoms with E-state index in [1.165, 1.54) is 9.13 Å². The Balaban J connectivity index is 3.07. The van der Waals surface area contributed by atoms with Crippen molar-refractivity contribution in [3.63, 3.8) is 0 Å². The molecule has 10 heavy (non-hydrogen) atoms. The summed E-state index contributed by atoms with van der Waals surface area (Å²) in [7, 11) is 0. The van der Waals surface area contributed by atoms with Gasteiger partial charge in [0.15, 0.2) is 0 Å². The van der Waals surface area contributed by atoms with Crippen LogP contribution in [0.2, 0.25) is 5.02 Å². The summed E-state index contributed by atoms with van der Waals surface area (Å²) in [5.74, 6) is 0. The van der Waals surface area contributed by atoms with Gasteiger partial charge in [0.25, 0.3) is 0 Å². The highest BCUT2D eigenvalue weighted by molar-refractivity contribution is 14.1. The van der Waals surface area contributed by atoms with Gasteiger partial charge in [-0.25, -0.2) is 0 Å². The molecule has 0 atom stereocenters. The van der Waals surface area contributed by atoms with Gasteiger partial charge < -0.3 is 0 Å². The Morgan fingerprint density at radius 2 is 2.10 bits per heavy atom. The highest BCUT2D eigenvalue weighted by Gasteiger charge is 1.97. The van der Waals surface area contributed by atoms with Crippen LogP contribution in [-0.4, -0.2) is 0 Å². The lowest BCUT2D eigenvalue weighted by Gasteiger charge is -1.98. The van der Waals surface area contributed by atoms with Crippen LogP contribution in [0.3, 0.4) is 0 Å². The molecular formula is C7H5ClI2. The van der Waals surface area contributed by atoms with Crippen molar-refractivity contribution < 1.29 is 0 Å². The molecule has 0 saturated carbocycles. The molecule has 0 amide bonds. The number of halogens is 3. The van der Waals surface area contributed by atoms with Gasteiger partial charge in [-0.1, -0.05) is 40.3 Å². The summed E-state index contributed by atoms with van der Waals surface area (Å²) in [5.41, 5.74) is 1.21. The van der Waals surface area contributed by atoms with Crippen molar-refractivity contribution in [2.24, 2.45) is 0 Å². The minimum absolute atomic E-state index is 0.876. The molecule has 0 aromatic heterocycles. The average Bonchev–Trinajstić information content (AvgIpc) is 1.88. The summed E-state index contributed by atoms with van der Waals surface area (Å²) in [6.07, 6.45) is 0. The molecule has 0 bridgehead atoms. The van der Waals surface area contributed by atoms with E-state index in [1.807, 2.05) is 6.07 Å². The first-order valence-electron chi connectivity index (χ1n) is 2.74. The second-order valence-electron chi connectivity index (χ2n) is 1.87. The molecule has 1 aromatic carbocycles. The minimum Gasteiger partial charge on any atom is -0.0840 e. The summed E-state index contributed by atoms with van der Waals surface area (Å²) in [5, 5.41) is 0.876. The van der Waals surface area contributed by atoms with Crippen LogP contribution in [0.1, 0.15) is 5.56 Å².